The van der Waals surface area contributed by atoms with Crippen LogP contribution in [-0.2, 0) is 45.7 Å². The fourth-order valence-corrected chi connectivity index (χ4v) is 10.1. The zero-order valence-electron chi connectivity index (χ0n) is 29.7. The molecular formula is C37H39ClF5N5O4S2. The van der Waals surface area contributed by atoms with Crippen LogP contribution < -0.4 is 21.0 Å². The first-order valence-corrected chi connectivity index (χ1v) is 20.8. The molecule has 0 amide bonds. The molecule has 0 saturated heterocycles. The molecule has 290 valence electrons. The second-order valence-electron chi connectivity index (χ2n) is 14.5. The number of aromatic nitrogens is 3. The van der Waals surface area contributed by atoms with E-state index in [1.54, 1.807) is 0 Å². The van der Waals surface area contributed by atoms with Gasteiger partial charge < -0.3 is 5.73 Å². The lowest BCUT2D eigenvalue weighted by Crippen LogP contribution is -2.37. The molecule has 2 fully saturated rings. The molecule has 0 radical (unpaired) electrons. The number of allylic oxidation sites excluding steroid dienone is 1. The first-order valence-electron chi connectivity index (χ1n) is 17.3. The summed E-state index contributed by atoms with van der Waals surface area (Å²) in [5.41, 5.74) is 8.80. The summed E-state index contributed by atoms with van der Waals surface area (Å²) in [6.45, 7) is 6.72. The molecule has 2 saturated carbocycles. The maximum Gasteiger partial charge on any atom is 0.408 e. The van der Waals surface area contributed by atoms with E-state index in [0.717, 1.165) is 12.1 Å². The largest absolute Gasteiger partial charge is 0.408 e. The summed E-state index contributed by atoms with van der Waals surface area (Å²) in [4.78, 5) is 4.85. The lowest BCUT2D eigenvalue weighted by molar-refractivity contribution is -0.143. The summed E-state index contributed by atoms with van der Waals surface area (Å²) in [5, 5.41) is 2.48. The van der Waals surface area contributed by atoms with Gasteiger partial charge >= 0.3 is 6.18 Å². The second kappa shape index (κ2) is 14.4. The van der Waals surface area contributed by atoms with Gasteiger partial charge in [-0.3, -0.25) is 9.40 Å². The number of hydrogen-bond acceptors (Lipinski definition) is 7. The van der Waals surface area contributed by atoms with Crippen molar-refractivity contribution in [1.29, 1.82) is 0 Å². The van der Waals surface area contributed by atoms with Gasteiger partial charge in [-0.1, -0.05) is 30.2 Å². The number of hydrogen-bond donors (Lipinski definition) is 2. The number of sulfone groups is 1. The zero-order valence-corrected chi connectivity index (χ0v) is 32.1. The monoisotopic (exact) mass is 811 g/mol. The molecule has 2 heterocycles. The average molecular weight is 812 g/mol. The summed E-state index contributed by atoms with van der Waals surface area (Å²) in [7, 11) is -7.63. The summed E-state index contributed by atoms with van der Waals surface area (Å²) < 4.78 is 125. The van der Waals surface area contributed by atoms with E-state index in [2.05, 4.69) is 28.2 Å². The standard InChI is InChI=1S/C37H39ClF5N5O4S2/c1-5-26(34-31(20(2)38)35(46-48(34)19-37(41,42)43)47-54(51,52)25-11-12-25)32-28-8-6-7-27(28)30(13-14-36(3,4)53(49,50)24-9-10-24)45-33(32)29(44)17-21-15-22(39)18-23(40)16-21/h5,15-16,18,24-25,29H,1,6-12,17,19,44H2,2-4H3,(H,46,47)/b31-20-,34-26-/t29-/m0/s1. The highest BCUT2D eigenvalue weighted by Gasteiger charge is 2.45. The Kier molecular flexibility index (Phi) is 10.6. The average Bonchev–Trinajstić information content (AvgIpc) is 3.98. The lowest BCUT2D eigenvalue weighted by atomic mass is 9.89. The second-order valence-corrected chi connectivity index (χ2v) is 19.8. The van der Waals surface area contributed by atoms with Gasteiger partial charge in [-0.05, 0) is 107 Å². The van der Waals surface area contributed by atoms with Crippen molar-refractivity contribution >= 4 is 47.9 Å². The van der Waals surface area contributed by atoms with Crippen molar-refractivity contribution in [3.63, 3.8) is 0 Å². The number of fused-ring (bicyclic) bond motifs is 1. The van der Waals surface area contributed by atoms with E-state index in [0.29, 0.717) is 66.8 Å². The lowest BCUT2D eigenvalue weighted by Gasteiger charge is -2.22. The number of halogens is 6. The molecule has 2 aromatic heterocycles. The number of benzene rings is 1. The summed E-state index contributed by atoms with van der Waals surface area (Å²) in [5.74, 6) is 3.77. The molecule has 6 rings (SSSR count). The summed E-state index contributed by atoms with van der Waals surface area (Å²) in [6.07, 6.45) is -0.463. The highest BCUT2D eigenvalue weighted by atomic mass is 35.5. The molecule has 0 bridgehead atoms. The predicted molar refractivity (Wildman–Crippen MR) is 197 cm³/mol. The first kappa shape index (κ1) is 39.9. The van der Waals surface area contributed by atoms with Crippen molar-refractivity contribution in [2.75, 3.05) is 4.72 Å². The van der Waals surface area contributed by atoms with Crippen molar-refractivity contribution in [1.82, 2.24) is 14.8 Å². The molecule has 3 aromatic rings. The number of sulfonamides is 1. The number of pyridine rings is 1. The maximum atomic E-state index is 14.3. The van der Waals surface area contributed by atoms with Gasteiger partial charge in [0.1, 0.15) is 28.6 Å². The van der Waals surface area contributed by atoms with Crippen LogP contribution in [0, 0.1) is 23.5 Å². The molecule has 9 nitrogen and oxygen atoms in total. The van der Waals surface area contributed by atoms with Crippen LogP contribution in [0.2, 0.25) is 0 Å². The molecule has 0 spiro atoms. The summed E-state index contributed by atoms with van der Waals surface area (Å²) >= 11 is 6.56. The van der Waals surface area contributed by atoms with Crippen molar-refractivity contribution < 1.29 is 38.8 Å². The van der Waals surface area contributed by atoms with Gasteiger partial charge in [-0.25, -0.2) is 30.6 Å². The Labute approximate surface area is 315 Å². The molecular weight excluding hydrogens is 773 g/mol. The van der Waals surface area contributed by atoms with Crippen LogP contribution >= 0.6 is 11.6 Å². The Morgan fingerprint density at radius 1 is 1.07 bits per heavy atom. The molecule has 17 heteroatoms. The molecule has 54 heavy (non-hydrogen) atoms. The van der Waals surface area contributed by atoms with Crippen molar-refractivity contribution in [2.45, 2.75) is 106 Å². The number of nitrogens with one attached hydrogen (secondary N) is 1. The van der Waals surface area contributed by atoms with Gasteiger partial charge in [0.05, 0.1) is 32.8 Å². The Morgan fingerprint density at radius 3 is 2.24 bits per heavy atom. The fourth-order valence-electron chi connectivity index (χ4n) is 6.84. The summed E-state index contributed by atoms with van der Waals surface area (Å²) in [6, 6.07) is 1.76. The molecule has 3 aliphatic carbocycles. The predicted octanol–water partition coefficient (Wildman–Crippen LogP) is 5.21. The normalized spacial score (nSPS) is 18.0. The van der Waals surface area contributed by atoms with Crippen LogP contribution in [0.1, 0.15) is 92.6 Å². The maximum absolute atomic E-state index is 14.3. The highest BCUT2D eigenvalue weighted by Crippen LogP contribution is 2.38. The molecule has 3 aliphatic rings. The number of alkyl halides is 3. The zero-order chi connectivity index (χ0) is 39.5. The SMILES string of the molecule is C=C/C(c1c([C@@H](N)Cc2cc(F)cc(F)c2)nc(C#CC(C)(C)S(=O)(=O)C2CC2)c2c1CCC2)=c1\c(=C(/C)Cl)c(NS(=O)(=O)C2CC2)nn1CC(F)(F)F. The minimum absolute atomic E-state index is 0.0521. The minimum atomic E-state index is -4.81. The number of anilines is 1. The van der Waals surface area contributed by atoms with E-state index in [-0.39, 0.29) is 50.1 Å². The van der Waals surface area contributed by atoms with Crippen LogP contribution in [0.25, 0.3) is 10.6 Å². The van der Waals surface area contributed by atoms with E-state index in [9.17, 15) is 38.8 Å². The number of rotatable bonds is 11. The van der Waals surface area contributed by atoms with Gasteiger partial charge in [0.15, 0.2) is 15.7 Å². The molecule has 0 aliphatic heterocycles. The Bertz CT molecular complexity index is 2440. The topological polar surface area (TPSA) is 137 Å². The van der Waals surface area contributed by atoms with E-state index >= 15 is 0 Å². The van der Waals surface area contributed by atoms with Crippen LogP contribution in [0.4, 0.5) is 27.8 Å². The van der Waals surface area contributed by atoms with E-state index < -0.39 is 71.3 Å². The fraction of sp³-hybridized carbons (Fsp3) is 0.459. The Balaban J connectivity index is 1.67. The number of nitrogens with two attached hydrogens (primary N) is 1. The van der Waals surface area contributed by atoms with Crippen molar-refractivity contribution in [3.8, 4) is 11.8 Å². The van der Waals surface area contributed by atoms with E-state index in [4.69, 9.17) is 22.3 Å². The molecule has 1 atom stereocenters. The molecule has 1 aromatic carbocycles. The minimum Gasteiger partial charge on any atom is -0.322 e. The van der Waals surface area contributed by atoms with Crippen molar-refractivity contribution in [2.24, 2.45) is 5.73 Å². The smallest absolute Gasteiger partial charge is 0.322 e. The van der Waals surface area contributed by atoms with E-state index in [1.807, 2.05) is 0 Å². The van der Waals surface area contributed by atoms with E-state index in [1.165, 1.54) is 26.8 Å². The number of nitrogens with zero attached hydrogens (tertiary/aromatic N) is 3. The van der Waals surface area contributed by atoms with Gasteiger partial charge in [-0.15, -0.1) is 0 Å². The third-order valence-corrected chi connectivity index (χ3v) is 14.6. The van der Waals surface area contributed by atoms with Crippen LogP contribution in [0.5, 0.6) is 0 Å². The van der Waals surface area contributed by atoms with Gasteiger partial charge in [0, 0.05) is 22.2 Å². The molecule has 0 unspecified atom stereocenters. The van der Waals surface area contributed by atoms with Gasteiger partial charge in [-0.2, -0.15) is 18.3 Å². The highest BCUT2D eigenvalue weighted by molar-refractivity contribution is 7.94. The van der Waals surface area contributed by atoms with Crippen molar-refractivity contribution in [3.05, 3.63) is 86.7 Å². The first-order chi connectivity index (χ1) is 25.1. The Hall–Kier alpha value is -3.78. The Morgan fingerprint density at radius 2 is 1.69 bits per heavy atom. The van der Waals surface area contributed by atoms with Crippen LogP contribution in [0.3, 0.4) is 0 Å². The van der Waals surface area contributed by atoms with Gasteiger partial charge in [0.25, 0.3) is 0 Å². The quantitative estimate of drug-likeness (QED) is 0.201. The molecule has 3 N–H and O–H groups in total. The van der Waals surface area contributed by atoms with Crippen LogP contribution in [-0.4, -0.2) is 53.0 Å². The van der Waals surface area contributed by atoms with Crippen LogP contribution in [0.15, 0.2) is 30.9 Å². The third-order valence-electron chi connectivity index (χ3n) is 9.74. The third kappa shape index (κ3) is 8.10. The van der Waals surface area contributed by atoms with Gasteiger partial charge in [0.2, 0.25) is 10.0 Å².